The number of likely N-dealkylation sites (N-methyl/N-ethyl adjacent to an activating group) is 1. The molecule has 1 unspecified atom stereocenters. The molecule has 8 nitrogen and oxygen atoms in total. The Balaban J connectivity index is 2.08. The Morgan fingerprint density at radius 1 is 1.52 bits per heavy atom. The third-order valence-electron chi connectivity index (χ3n) is 3.55. The topological polar surface area (TPSA) is 121 Å². The highest BCUT2D eigenvalue weighted by Crippen LogP contribution is 2.17. The quantitative estimate of drug-likeness (QED) is 0.665. The summed E-state index contributed by atoms with van der Waals surface area (Å²) in [5.41, 5.74) is 6.98. The summed E-state index contributed by atoms with van der Waals surface area (Å²) < 4.78 is 0. The summed E-state index contributed by atoms with van der Waals surface area (Å²) in [5, 5.41) is 9.23. The average molecular weight is 293 g/mol. The number of aryl methyl sites for hydroxylation is 1. The van der Waals surface area contributed by atoms with Gasteiger partial charge in [0.2, 0.25) is 5.91 Å². The van der Waals surface area contributed by atoms with E-state index in [-0.39, 0.29) is 18.0 Å². The smallest absolute Gasteiger partial charge is 0.274 e. The van der Waals surface area contributed by atoms with Crippen LogP contribution >= 0.6 is 0 Å². The van der Waals surface area contributed by atoms with Gasteiger partial charge in [-0.05, 0) is 12.8 Å². The van der Waals surface area contributed by atoms with E-state index >= 15 is 0 Å². The van der Waals surface area contributed by atoms with Gasteiger partial charge in [0.15, 0.2) is 5.69 Å². The monoisotopic (exact) mass is 293 g/mol. The highest BCUT2D eigenvalue weighted by molar-refractivity contribution is 6.04. The Kier molecular flexibility index (Phi) is 4.25. The van der Waals surface area contributed by atoms with Gasteiger partial charge in [-0.25, -0.2) is 0 Å². The second-order valence-electron chi connectivity index (χ2n) is 5.07. The Morgan fingerprint density at radius 3 is 2.90 bits per heavy atom. The number of hydrogen-bond acceptors (Lipinski definition) is 5. The zero-order valence-electron chi connectivity index (χ0n) is 12.1. The molecule has 0 aliphatic carbocycles. The van der Waals surface area contributed by atoms with E-state index in [4.69, 9.17) is 5.73 Å². The normalized spacial score (nSPS) is 19.0. The van der Waals surface area contributed by atoms with Gasteiger partial charge < -0.3 is 11.1 Å². The molecule has 2 rings (SSSR count). The number of rotatable bonds is 4. The number of nitrogens with two attached hydrogens (primary N) is 1. The van der Waals surface area contributed by atoms with Crippen LogP contribution in [0.15, 0.2) is 0 Å². The summed E-state index contributed by atoms with van der Waals surface area (Å²) in [6.45, 7) is 1.99. The number of anilines is 1. The van der Waals surface area contributed by atoms with Gasteiger partial charge in [-0.2, -0.15) is 5.10 Å². The van der Waals surface area contributed by atoms with E-state index in [0.717, 1.165) is 11.3 Å². The van der Waals surface area contributed by atoms with Crippen LogP contribution in [-0.2, 0) is 16.0 Å². The number of aromatic nitrogens is 2. The molecule has 4 N–H and O–H groups in total. The maximum Gasteiger partial charge on any atom is 0.274 e. The number of nitrogens with one attached hydrogen (secondary N) is 2. The van der Waals surface area contributed by atoms with Crippen molar-refractivity contribution in [3.63, 3.8) is 0 Å². The molecule has 1 saturated heterocycles. The largest absolute Gasteiger partial charge is 0.395 e. The SMILES string of the molecule is CCCc1[nH]nc(C(=O)NC2CCC(=O)N(C)C2=O)c1N. The van der Waals surface area contributed by atoms with Crippen LogP contribution in [0.5, 0.6) is 0 Å². The molecule has 0 aromatic carbocycles. The van der Waals surface area contributed by atoms with Gasteiger partial charge in [-0.15, -0.1) is 0 Å². The Hall–Kier alpha value is -2.38. The molecule has 21 heavy (non-hydrogen) atoms. The van der Waals surface area contributed by atoms with Crippen LogP contribution in [0.2, 0.25) is 0 Å². The fourth-order valence-corrected chi connectivity index (χ4v) is 2.28. The van der Waals surface area contributed by atoms with Gasteiger partial charge in [0.1, 0.15) is 6.04 Å². The lowest BCUT2D eigenvalue weighted by atomic mass is 10.0. The van der Waals surface area contributed by atoms with E-state index < -0.39 is 17.9 Å². The first-order valence-electron chi connectivity index (χ1n) is 6.89. The molecule has 1 fully saturated rings. The highest BCUT2D eigenvalue weighted by Gasteiger charge is 2.33. The standard InChI is InChI=1S/C13H19N5O3/c1-3-4-7-10(14)11(17-16-7)12(20)15-8-5-6-9(19)18(2)13(8)21/h8H,3-6,14H2,1-2H3,(H,15,20)(H,16,17). The predicted octanol–water partition coefficient (Wildman–Crippen LogP) is -0.178. The lowest BCUT2D eigenvalue weighted by Crippen LogP contribution is -2.53. The van der Waals surface area contributed by atoms with Crippen molar-refractivity contribution in [1.82, 2.24) is 20.4 Å². The summed E-state index contributed by atoms with van der Waals surface area (Å²) in [7, 11) is 1.41. The minimum atomic E-state index is -0.717. The van der Waals surface area contributed by atoms with Crippen molar-refractivity contribution in [2.45, 2.75) is 38.6 Å². The Bertz CT molecular complexity index is 580. The Morgan fingerprint density at radius 2 is 2.24 bits per heavy atom. The van der Waals surface area contributed by atoms with Crippen LogP contribution in [0.4, 0.5) is 5.69 Å². The van der Waals surface area contributed by atoms with Gasteiger partial charge in [0, 0.05) is 13.5 Å². The van der Waals surface area contributed by atoms with Gasteiger partial charge >= 0.3 is 0 Å². The summed E-state index contributed by atoms with van der Waals surface area (Å²) in [5.74, 6) is -1.16. The summed E-state index contributed by atoms with van der Waals surface area (Å²) >= 11 is 0. The number of H-pyrrole nitrogens is 1. The van der Waals surface area contributed by atoms with Crippen LogP contribution in [0.1, 0.15) is 42.4 Å². The summed E-state index contributed by atoms with van der Waals surface area (Å²) in [6, 6.07) is -0.717. The fourth-order valence-electron chi connectivity index (χ4n) is 2.28. The second kappa shape index (κ2) is 5.94. The molecule has 0 radical (unpaired) electrons. The second-order valence-corrected chi connectivity index (χ2v) is 5.07. The van der Waals surface area contributed by atoms with Crippen LogP contribution in [0.25, 0.3) is 0 Å². The van der Waals surface area contributed by atoms with Crippen molar-refractivity contribution in [1.29, 1.82) is 0 Å². The van der Waals surface area contributed by atoms with Crippen LogP contribution in [0, 0.1) is 0 Å². The number of hydrogen-bond donors (Lipinski definition) is 3. The highest BCUT2D eigenvalue weighted by atomic mass is 16.2. The van der Waals surface area contributed by atoms with Crippen molar-refractivity contribution in [2.24, 2.45) is 0 Å². The van der Waals surface area contributed by atoms with Crippen molar-refractivity contribution < 1.29 is 14.4 Å². The molecule has 2 heterocycles. The molecule has 0 bridgehead atoms. The van der Waals surface area contributed by atoms with Gasteiger partial charge in [-0.3, -0.25) is 24.4 Å². The number of carbonyl (C=O) groups is 3. The molecule has 1 aromatic rings. The maximum absolute atomic E-state index is 12.2. The van der Waals surface area contributed by atoms with Crippen molar-refractivity contribution in [3.8, 4) is 0 Å². The molecule has 114 valence electrons. The third kappa shape index (κ3) is 2.88. The number of piperidine rings is 1. The van der Waals surface area contributed by atoms with E-state index in [1.165, 1.54) is 7.05 Å². The van der Waals surface area contributed by atoms with Gasteiger partial charge in [0.25, 0.3) is 11.8 Å². The molecule has 0 saturated carbocycles. The molecular weight excluding hydrogens is 274 g/mol. The van der Waals surface area contributed by atoms with E-state index in [1.807, 2.05) is 6.92 Å². The number of likely N-dealkylation sites (tertiary alicyclic amines) is 1. The van der Waals surface area contributed by atoms with E-state index in [1.54, 1.807) is 0 Å². The van der Waals surface area contributed by atoms with Crippen molar-refractivity contribution >= 4 is 23.4 Å². The first-order valence-corrected chi connectivity index (χ1v) is 6.89. The first kappa shape index (κ1) is 15.0. The molecule has 3 amide bonds. The van der Waals surface area contributed by atoms with Crippen LogP contribution < -0.4 is 11.1 Å². The lowest BCUT2D eigenvalue weighted by molar-refractivity contribution is -0.147. The molecule has 0 spiro atoms. The van der Waals surface area contributed by atoms with Crippen molar-refractivity contribution in [2.75, 3.05) is 12.8 Å². The van der Waals surface area contributed by atoms with Crippen molar-refractivity contribution in [3.05, 3.63) is 11.4 Å². The molecule has 1 aromatic heterocycles. The zero-order chi connectivity index (χ0) is 15.6. The molecule has 1 atom stereocenters. The number of aromatic amines is 1. The van der Waals surface area contributed by atoms with Crippen LogP contribution in [0.3, 0.4) is 0 Å². The minimum absolute atomic E-state index is 0.0887. The predicted molar refractivity (Wildman–Crippen MR) is 75.3 cm³/mol. The van der Waals surface area contributed by atoms with Crippen LogP contribution in [-0.4, -0.2) is 45.9 Å². The van der Waals surface area contributed by atoms with E-state index in [9.17, 15) is 14.4 Å². The van der Waals surface area contributed by atoms with E-state index in [0.29, 0.717) is 24.2 Å². The number of imide groups is 1. The summed E-state index contributed by atoms with van der Waals surface area (Å²) in [6.07, 6.45) is 2.09. The maximum atomic E-state index is 12.2. The minimum Gasteiger partial charge on any atom is -0.395 e. The van der Waals surface area contributed by atoms with E-state index in [2.05, 4.69) is 15.5 Å². The number of amides is 3. The first-order chi connectivity index (χ1) is 9.95. The lowest BCUT2D eigenvalue weighted by Gasteiger charge is -2.27. The number of carbonyl (C=O) groups excluding carboxylic acids is 3. The summed E-state index contributed by atoms with van der Waals surface area (Å²) in [4.78, 5) is 36.5. The Labute approximate surface area is 122 Å². The molecule has 1 aliphatic rings. The molecule has 1 aliphatic heterocycles. The van der Waals surface area contributed by atoms with Gasteiger partial charge in [0.05, 0.1) is 11.4 Å². The third-order valence-corrected chi connectivity index (χ3v) is 3.55. The van der Waals surface area contributed by atoms with Gasteiger partial charge in [-0.1, -0.05) is 13.3 Å². The zero-order valence-corrected chi connectivity index (χ0v) is 12.1. The fraction of sp³-hybridized carbons (Fsp3) is 0.538. The average Bonchev–Trinajstić information content (AvgIpc) is 2.81. The number of nitrogens with zero attached hydrogens (tertiary/aromatic N) is 2. The number of nitrogen functional groups attached to an aromatic ring is 1. The molecular formula is C13H19N5O3. The molecule has 8 heteroatoms.